The first kappa shape index (κ1) is 24.0. The van der Waals surface area contributed by atoms with Gasteiger partial charge in [-0.1, -0.05) is 55.1 Å². The number of carbonyl (C=O) groups excluding carboxylic acids is 1. The summed E-state index contributed by atoms with van der Waals surface area (Å²) in [5.74, 6) is -0.470. The zero-order valence-corrected chi connectivity index (χ0v) is 19.8. The molecule has 0 radical (unpaired) electrons. The van der Waals surface area contributed by atoms with Crippen LogP contribution in [0.4, 0.5) is 18.9 Å². The van der Waals surface area contributed by atoms with Gasteiger partial charge >= 0.3 is 6.18 Å². The summed E-state index contributed by atoms with van der Waals surface area (Å²) in [6.45, 7) is 3.71. The Morgan fingerprint density at radius 2 is 1.91 bits per heavy atom. The van der Waals surface area contributed by atoms with Crippen LogP contribution in [0.1, 0.15) is 23.8 Å². The van der Waals surface area contributed by atoms with E-state index in [1.54, 1.807) is 6.92 Å². The summed E-state index contributed by atoms with van der Waals surface area (Å²) in [5, 5.41) is 2.65. The normalized spacial score (nSPS) is 12.6. The number of benzene rings is 2. The second kappa shape index (κ2) is 9.63. The maximum Gasteiger partial charge on any atom is 0.416 e. The Balaban J connectivity index is 1.59. The Kier molecular flexibility index (Phi) is 6.81. The van der Waals surface area contributed by atoms with Crippen LogP contribution in [0.25, 0.3) is 21.3 Å². The van der Waals surface area contributed by atoms with Crippen molar-refractivity contribution in [3.8, 4) is 11.1 Å². The number of carbonyl (C=O) groups is 1. The third-order valence-corrected chi connectivity index (χ3v) is 7.40. The summed E-state index contributed by atoms with van der Waals surface area (Å²) in [6, 6.07) is 14.0. The van der Waals surface area contributed by atoms with Crippen LogP contribution < -0.4 is 10.9 Å². The molecule has 1 unspecified atom stereocenters. The molecule has 2 heterocycles. The molecule has 10 heteroatoms. The Morgan fingerprint density at radius 1 is 1.18 bits per heavy atom. The summed E-state index contributed by atoms with van der Waals surface area (Å²) in [7, 11) is 0. The van der Waals surface area contributed by atoms with Gasteiger partial charge in [-0.2, -0.15) is 13.2 Å². The quantitative estimate of drug-likeness (QED) is 0.233. The van der Waals surface area contributed by atoms with E-state index >= 15 is 0 Å². The summed E-state index contributed by atoms with van der Waals surface area (Å²) in [4.78, 5) is 34.6. The van der Waals surface area contributed by atoms with E-state index in [4.69, 9.17) is 0 Å². The van der Waals surface area contributed by atoms with Gasteiger partial charge in [0, 0.05) is 16.1 Å². The minimum atomic E-state index is -4.50. The number of thioether (sulfide) groups is 1. The second-order valence-electron chi connectivity index (χ2n) is 7.53. The maximum atomic E-state index is 13.0. The molecule has 0 aliphatic heterocycles. The molecule has 34 heavy (non-hydrogen) atoms. The highest BCUT2D eigenvalue weighted by molar-refractivity contribution is 8.00. The molecule has 0 saturated heterocycles. The van der Waals surface area contributed by atoms with Crippen molar-refractivity contribution in [1.29, 1.82) is 0 Å². The molecular formula is C24H20F3N3O2S2. The summed E-state index contributed by atoms with van der Waals surface area (Å²) in [6.07, 6.45) is -4.12. The molecule has 4 rings (SSSR count). The van der Waals surface area contributed by atoms with E-state index in [1.807, 2.05) is 37.3 Å². The average molecular weight is 504 g/mol. The number of nitrogens with one attached hydrogen (secondary N) is 2. The zero-order valence-electron chi connectivity index (χ0n) is 18.2. The van der Waals surface area contributed by atoms with Gasteiger partial charge in [0.1, 0.15) is 4.83 Å². The minimum Gasteiger partial charge on any atom is -0.325 e. The lowest BCUT2D eigenvalue weighted by atomic mass is 10.0. The lowest BCUT2D eigenvalue weighted by Gasteiger charge is -2.15. The Morgan fingerprint density at radius 3 is 2.59 bits per heavy atom. The van der Waals surface area contributed by atoms with Gasteiger partial charge in [0.15, 0.2) is 5.16 Å². The average Bonchev–Trinajstić information content (AvgIpc) is 3.13. The highest BCUT2D eigenvalue weighted by atomic mass is 32.2. The van der Waals surface area contributed by atoms with Crippen molar-refractivity contribution >= 4 is 44.9 Å². The van der Waals surface area contributed by atoms with Gasteiger partial charge in [0.05, 0.1) is 16.2 Å². The van der Waals surface area contributed by atoms with Gasteiger partial charge in [0.2, 0.25) is 5.91 Å². The number of aromatic amines is 1. The first-order valence-corrected chi connectivity index (χ1v) is 12.1. The molecule has 0 saturated carbocycles. The Labute approximate surface area is 201 Å². The Hall–Kier alpha value is -3.11. The van der Waals surface area contributed by atoms with E-state index in [0.29, 0.717) is 16.6 Å². The number of H-pyrrole nitrogens is 1. The van der Waals surface area contributed by atoms with Crippen molar-refractivity contribution in [3.63, 3.8) is 0 Å². The van der Waals surface area contributed by atoms with Crippen molar-refractivity contribution < 1.29 is 18.0 Å². The molecule has 0 bridgehead atoms. The molecule has 0 aliphatic rings. The molecule has 2 N–H and O–H groups in total. The van der Waals surface area contributed by atoms with E-state index in [9.17, 15) is 22.8 Å². The van der Waals surface area contributed by atoms with Gasteiger partial charge in [-0.15, -0.1) is 11.3 Å². The van der Waals surface area contributed by atoms with Crippen LogP contribution in [0.3, 0.4) is 0 Å². The van der Waals surface area contributed by atoms with Crippen LogP contribution in [-0.4, -0.2) is 21.1 Å². The minimum absolute atomic E-state index is 0.0529. The van der Waals surface area contributed by atoms with Crippen molar-refractivity contribution in [3.05, 3.63) is 75.4 Å². The van der Waals surface area contributed by atoms with Crippen LogP contribution in [0.15, 0.2) is 64.5 Å². The highest BCUT2D eigenvalue weighted by Crippen LogP contribution is 2.36. The molecule has 0 spiro atoms. The van der Waals surface area contributed by atoms with Gasteiger partial charge < -0.3 is 10.3 Å². The number of anilines is 1. The number of thiophene rings is 1. The standard InChI is InChI=1S/C24H20F3N3O2S2/c1-3-17(20(31)28-16-11-7-10-15(12-16)24(25,26)27)34-23-29-21(32)19-18(13(2)33-22(19)30-23)14-8-5-4-6-9-14/h4-12,17H,3H2,1-2H3,(H,28,31)(H,29,30,32). The first-order valence-electron chi connectivity index (χ1n) is 10.4. The number of halogens is 3. The first-order chi connectivity index (χ1) is 16.2. The molecule has 1 amide bonds. The topological polar surface area (TPSA) is 74.8 Å². The van der Waals surface area contributed by atoms with E-state index in [-0.39, 0.29) is 16.4 Å². The fraction of sp³-hybridized carbons (Fsp3) is 0.208. The van der Waals surface area contributed by atoms with E-state index in [0.717, 1.165) is 39.9 Å². The summed E-state index contributed by atoms with van der Waals surface area (Å²) < 4.78 is 38.9. The molecule has 5 nitrogen and oxygen atoms in total. The van der Waals surface area contributed by atoms with E-state index in [2.05, 4.69) is 15.3 Å². The molecule has 4 aromatic rings. The van der Waals surface area contributed by atoms with Crippen LogP contribution in [0, 0.1) is 6.92 Å². The predicted octanol–water partition coefficient (Wildman–Crippen LogP) is 6.49. The van der Waals surface area contributed by atoms with E-state index < -0.39 is 22.9 Å². The number of hydrogen-bond acceptors (Lipinski definition) is 5. The number of aryl methyl sites for hydroxylation is 1. The van der Waals surface area contributed by atoms with Gasteiger partial charge in [-0.25, -0.2) is 4.98 Å². The SMILES string of the molecule is CCC(Sc1nc2sc(C)c(-c3ccccc3)c2c(=O)[nH]1)C(=O)Nc1cccc(C(F)(F)F)c1. The molecule has 176 valence electrons. The third-order valence-electron chi connectivity index (χ3n) is 5.15. The lowest BCUT2D eigenvalue weighted by Crippen LogP contribution is -2.25. The molecule has 1 atom stereocenters. The van der Waals surface area contributed by atoms with Crippen LogP contribution >= 0.6 is 23.1 Å². The summed E-state index contributed by atoms with van der Waals surface area (Å²) in [5.41, 5.74) is 0.664. The van der Waals surface area contributed by atoms with E-state index in [1.165, 1.54) is 23.5 Å². The largest absolute Gasteiger partial charge is 0.416 e. The molecule has 2 aromatic heterocycles. The smallest absolute Gasteiger partial charge is 0.325 e. The maximum absolute atomic E-state index is 13.0. The number of hydrogen-bond donors (Lipinski definition) is 2. The number of amides is 1. The number of nitrogens with zero attached hydrogens (tertiary/aromatic N) is 1. The van der Waals surface area contributed by atoms with Crippen molar-refractivity contribution in [2.75, 3.05) is 5.32 Å². The number of alkyl halides is 3. The number of aromatic nitrogens is 2. The number of rotatable bonds is 6. The lowest BCUT2D eigenvalue weighted by molar-refractivity contribution is -0.137. The van der Waals surface area contributed by atoms with Crippen molar-refractivity contribution in [2.24, 2.45) is 0 Å². The van der Waals surface area contributed by atoms with Crippen LogP contribution in [0.5, 0.6) is 0 Å². The second-order valence-corrected chi connectivity index (χ2v) is 9.93. The Bertz CT molecular complexity index is 1400. The fourth-order valence-electron chi connectivity index (χ4n) is 3.56. The van der Waals surface area contributed by atoms with Gasteiger partial charge in [-0.05, 0) is 37.1 Å². The highest BCUT2D eigenvalue weighted by Gasteiger charge is 2.31. The van der Waals surface area contributed by atoms with Crippen molar-refractivity contribution in [1.82, 2.24) is 9.97 Å². The van der Waals surface area contributed by atoms with Crippen molar-refractivity contribution in [2.45, 2.75) is 36.9 Å². The van der Waals surface area contributed by atoms with Crippen LogP contribution in [0.2, 0.25) is 0 Å². The molecule has 0 fully saturated rings. The number of fused-ring (bicyclic) bond motifs is 1. The van der Waals surface area contributed by atoms with Gasteiger partial charge in [0.25, 0.3) is 5.56 Å². The predicted molar refractivity (Wildman–Crippen MR) is 130 cm³/mol. The molecule has 0 aliphatic carbocycles. The monoisotopic (exact) mass is 503 g/mol. The molecule has 2 aromatic carbocycles. The fourth-order valence-corrected chi connectivity index (χ4v) is 5.56. The zero-order chi connectivity index (χ0) is 24.5. The third kappa shape index (κ3) is 5.02. The van der Waals surface area contributed by atoms with Gasteiger partial charge in [-0.3, -0.25) is 9.59 Å². The van der Waals surface area contributed by atoms with Crippen LogP contribution in [-0.2, 0) is 11.0 Å². The molecular weight excluding hydrogens is 483 g/mol. The summed E-state index contributed by atoms with van der Waals surface area (Å²) >= 11 is 2.47.